The predicted octanol–water partition coefficient (Wildman–Crippen LogP) is 0.568. The van der Waals surface area contributed by atoms with Crippen molar-refractivity contribution in [1.29, 1.82) is 0 Å². The maximum atomic E-state index is 11.9. The molecule has 1 spiro atoms. The lowest BCUT2D eigenvalue weighted by molar-refractivity contribution is -0.927. The van der Waals surface area contributed by atoms with Crippen LogP contribution in [0.3, 0.4) is 0 Å². The summed E-state index contributed by atoms with van der Waals surface area (Å²) in [6.07, 6.45) is 1.93. The molecule has 2 aliphatic heterocycles. The van der Waals surface area contributed by atoms with Gasteiger partial charge in [0, 0.05) is 24.7 Å². The van der Waals surface area contributed by atoms with Crippen LogP contribution in [-0.4, -0.2) is 48.9 Å². The molecular formula is C13H23N2O2+. The number of Topliss-reactive ketones (excluding diaryl/α,β-unsaturated/α-hetero) is 1. The van der Waals surface area contributed by atoms with Gasteiger partial charge in [0.2, 0.25) is 0 Å². The van der Waals surface area contributed by atoms with Crippen LogP contribution in [-0.2, 0) is 9.59 Å². The van der Waals surface area contributed by atoms with Crippen molar-refractivity contribution in [3.05, 3.63) is 0 Å². The third-order valence-electron chi connectivity index (χ3n) is 4.26. The number of piperazine rings is 1. The fourth-order valence-corrected chi connectivity index (χ4v) is 3.13. The molecule has 0 saturated carbocycles. The van der Waals surface area contributed by atoms with E-state index >= 15 is 0 Å². The highest BCUT2D eigenvalue weighted by molar-refractivity contribution is 5.82. The van der Waals surface area contributed by atoms with Gasteiger partial charge in [-0.1, -0.05) is 13.8 Å². The molecule has 1 N–H and O–H groups in total. The predicted molar refractivity (Wildman–Crippen MR) is 65.3 cm³/mol. The number of carbonyl (C=O) groups is 2. The monoisotopic (exact) mass is 239 g/mol. The van der Waals surface area contributed by atoms with E-state index in [9.17, 15) is 9.59 Å². The van der Waals surface area contributed by atoms with Gasteiger partial charge in [0.1, 0.15) is 5.78 Å². The lowest BCUT2D eigenvalue weighted by Crippen LogP contribution is -2.63. The Kier molecular flexibility index (Phi) is 3.52. The standard InChI is InChI=1S/C13H22N2O2/c1-10(2)13(17)11-3-6-15(7-4-11)8-5-14-12(16)9-15/h10-11H,3-9H2,1-2H3/p+1. The number of hydrogen-bond donors (Lipinski definition) is 1. The maximum absolute atomic E-state index is 11.9. The smallest absolute Gasteiger partial charge is 0.275 e. The van der Waals surface area contributed by atoms with Crippen LogP contribution < -0.4 is 5.32 Å². The topological polar surface area (TPSA) is 46.2 Å². The molecule has 0 bridgehead atoms. The first-order valence-corrected chi connectivity index (χ1v) is 6.68. The van der Waals surface area contributed by atoms with E-state index in [0.29, 0.717) is 12.3 Å². The highest BCUT2D eigenvalue weighted by Crippen LogP contribution is 2.26. The Bertz CT molecular complexity index is 317. The Labute approximate surface area is 103 Å². The average molecular weight is 239 g/mol. The summed E-state index contributed by atoms with van der Waals surface area (Å²) in [6, 6.07) is 0. The summed E-state index contributed by atoms with van der Waals surface area (Å²) in [4.78, 5) is 23.4. The average Bonchev–Trinajstić information content (AvgIpc) is 2.29. The van der Waals surface area contributed by atoms with Crippen LogP contribution >= 0.6 is 0 Å². The number of carbonyl (C=O) groups excluding carboxylic acids is 2. The molecule has 0 aliphatic carbocycles. The van der Waals surface area contributed by atoms with Crippen molar-refractivity contribution in [2.24, 2.45) is 11.8 Å². The van der Waals surface area contributed by atoms with E-state index in [2.05, 4.69) is 5.32 Å². The van der Waals surface area contributed by atoms with E-state index in [0.717, 1.165) is 43.5 Å². The number of quaternary nitrogens is 1. The molecule has 0 aromatic rings. The second kappa shape index (κ2) is 4.77. The molecule has 2 heterocycles. The molecule has 0 atom stereocenters. The molecule has 0 aromatic carbocycles. The second-order valence-corrected chi connectivity index (χ2v) is 5.85. The molecule has 2 fully saturated rings. The van der Waals surface area contributed by atoms with Crippen molar-refractivity contribution in [1.82, 2.24) is 5.32 Å². The van der Waals surface area contributed by atoms with Crippen LogP contribution in [0.4, 0.5) is 0 Å². The molecule has 0 radical (unpaired) electrons. The highest BCUT2D eigenvalue weighted by Gasteiger charge is 2.39. The second-order valence-electron chi connectivity index (χ2n) is 5.85. The molecule has 1 amide bonds. The normalized spacial score (nSPS) is 33.8. The Morgan fingerprint density at radius 2 is 1.94 bits per heavy atom. The molecule has 0 unspecified atom stereocenters. The molecule has 0 aromatic heterocycles. The van der Waals surface area contributed by atoms with Gasteiger partial charge < -0.3 is 9.80 Å². The minimum Gasteiger partial charge on any atom is -0.346 e. The summed E-state index contributed by atoms with van der Waals surface area (Å²) in [5.41, 5.74) is 0. The number of nitrogens with one attached hydrogen (secondary N) is 1. The number of rotatable bonds is 2. The molecule has 4 nitrogen and oxygen atoms in total. The number of piperidine rings is 1. The van der Waals surface area contributed by atoms with Gasteiger partial charge >= 0.3 is 0 Å². The third kappa shape index (κ3) is 2.68. The van der Waals surface area contributed by atoms with Crippen molar-refractivity contribution in [3.63, 3.8) is 0 Å². The molecule has 96 valence electrons. The minimum atomic E-state index is 0.149. The molecule has 4 heteroatoms. The first kappa shape index (κ1) is 12.6. The van der Waals surface area contributed by atoms with Crippen LogP contribution in [0.5, 0.6) is 0 Å². The largest absolute Gasteiger partial charge is 0.346 e. The van der Waals surface area contributed by atoms with Gasteiger partial charge in [-0.05, 0) is 0 Å². The van der Waals surface area contributed by atoms with E-state index in [-0.39, 0.29) is 17.7 Å². The Morgan fingerprint density at radius 3 is 2.47 bits per heavy atom. The summed E-state index contributed by atoms with van der Waals surface area (Å²) in [6.45, 7) is 8.40. The zero-order valence-corrected chi connectivity index (χ0v) is 10.9. The Balaban J connectivity index is 1.93. The van der Waals surface area contributed by atoms with Gasteiger partial charge in [-0.2, -0.15) is 0 Å². The van der Waals surface area contributed by atoms with E-state index in [1.54, 1.807) is 0 Å². The van der Waals surface area contributed by atoms with E-state index in [1.807, 2.05) is 13.8 Å². The van der Waals surface area contributed by atoms with Crippen LogP contribution in [0.25, 0.3) is 0 Å². The zero-order chi connectivity index (χ0) is 12.5. The first-order chi connectivity index (χ1) is 8.02. The summed E-state index contributed by atoms with van der Waals surface area (Å²) >= 11 is 0. The zero-order valence-electron chi connectivity index (χ0n) is 10.9. The fourth-order valence-electron chi connectivity index (χ4n) is 3.13. The number of hydrogen-bond acceptors (Lipinski definition) is 2. The van der Waals surface area contributed by atoms with E-state index in [4.69, 9.17) is 0 Å². The van der Waals surface area contributed by atoms with Gasteiger partial charge in [-0.3, -0.25) is 9.59 Å². The summed E-state index contributed by atoms with van der Waals surface area (Å²) in [7, 11) is 0. The Hall–Kier alpha value is -0.900. The van der Waals surface area contributed by atoms with Crippen molar-refractivity contribution in [2.75, 3.05) is 32.7 Å². The van der Waals surface area contributed by atoms with Crippen molar-refractivity contribution in [2.45, 2.75) is 26.7 Å². The van der Waals surface area contributed by atoms with Crippen LogP contribution in [0.1, 0.15) is 26.7 Å². The minimum absolute atomic E-state index is 0.149. The van der Waals surface area contributed by atoms with Crippen molar-refractivity contribution < 1.29 is 14.1 Å². The van der Waals surface area contributed by atoms with Gasteiger partial charge in [-0.25, -0.2) is 0 Å². The van der Waals surface area contributed by atoms with Gasteiger partial charge in [0.15, 0.2) is 6.54 Å². The molecule has 2 rings (SSSR count). The SMILES string of the molecule is CC(C)C(=O)C1CC[N+]2(CCNC(=O)C2)CC1. The van der Waals surface area contributed by atoms with Crippen LogP contribution in [0.15, 0.2) is 0 Å². The van der Waals surface area contributed by atoms with Crippen molar-refractivity contribution >= 4 is 11.7 Å². The van der Waals surface area contributed by atoms with E-state index < -0.39 is 0 Å². The summed E-state index contributed by atoms with van der Waals surface area (Å²) in [5.74, 6) is 0.967. The molecule has 2 aliphatic rings. The molecule has 17 heavy (non-hydrogen) atoms. The van der Waals surface area contributed by atoms with Crippen LogP contribution in [0, 0.1) is 11.8 Å². The Morgan fingerprint density at radius 1 is 1.29 bits per heavy atom. The summed E-state index contributed by atoms with van der Waals surface area (Å²) in [5, 5.41) is 2.88. The number of amides is 1. The number of ketones is 1. The van der Waals surface area contributed by atoms with Gasteiger partial charge in [0.25, 0.3) is 5.91 Å². The van der Waals surface area contributed by atoms with Crippen molar-refractivity contribution in [3.8, 4) is 0 Å². The lowest BCUT2D eigenvalue weighted by Gasteiger charge is -2.45. The summed E-state index contributed by atoms with van der Waals surface area (Å²) < 4.78 is 0.910. The third-order valence-corrected chi connectivity index (χ3v) is 4.26. The quantitative estimate of drug-likeness (QED) is 0.716. The molecule has 2 saturated heterocycles. The highest BCUT2D eigenvalue weighted by atomic mass is 16.2. The number of nitrogens with zero attached hydrogens (tertiary/aromatic N) is 1. The first-order valence-electron chi connectivity index (χ1n) is 6.68. The van der Waals surface area contributed by atoms with E-state index in [1.165, 1.54) is 0 Å². The fraction of sp³-hybridized carbons (Fsp3) is 0.846. The van der Waals surface area contributed by atoms with Crippen LogP contribution in [0.2, 0.25) is 0 Å². The lowest BCUT2D eigenvalue weighted by atomic mass is 9.86. The van der Waals surface area contributed by atoms with Gasteiger partial charge in [-0.15, -0.1) is 0 Å². The maximum Gasteiger partial charge on any atom is 0.275 e. The molecular weight excluding hydrogens is 216 g/mol. The van der Waals surface area contributed by atoms with Gasteiger partial charge in [0.05, 0.1) is 26.2 Å².